The molecular formula is C22H36N2OS2. The fraction of sp³-hybridized carbons (Fsp3) is 0.682. The molecule has 1 aliphatic carbocycles. The van der Waals surface area contributed by atoms with Crippen LogP contribution >= 0.6 is 23.5 Å². The summed E-state index contributed by atoms with van der Waals surface area (Å²) in [5, 5.41) is 4.30. The fourth-order valence-electron chi connectivity index (χ4n) is 3.52. The minimum atomic E-state index is 0.0228. The molecule has 1 amide bonds. The number of aryl methyl sites for hydroxylation is 2. The van der Waals surface area contributed by atoms with Gasteiger partial charge in [-0.1, -0.05) is 30.5 Å². The Labute approximate surface area is 174 Å². The predicted octanol–water partition coefficient (Wildman–Crippen LogP) is 4.90. The van der Waals surface area contributed by atoms with Crippen molar-refractivity contribution in [3.63, 3.8) is 0 Å². The molecule has 0 radical (unpaired) electrons. The number of hydrogen-bond donors (Lipinski definition) is 1. The third-order valence-corrected chi connectivity index (χ3v) is 8.37. The van der Waals surface area contributed by atoms with Gasteiger partial charge in [-0.05, 0) is 72.3 Å². The van der Waals surface area contributed by atoms with Gasteiger partial charge in [-0.15, -0.1) is 23.5 Å². The van der Waals surface area contributed by atoms with E-state index in [1.807, 2.05) is 23.5 Å². The summed E-state index contributed by atoms with van der Waals surface area (Å²) in [5.74, 6) is 0.194. The first-order chi connectivity index (χ1) is 12.9. The number of carbonyl (C=O) groups is 1. The second kappa shape index (κ2) is 11.4. The van der Waals surface area contributed by atoms with Gasteiger partial charge < -0.3 is 10.2 Å². The molecular weight excluding hydrogens is 372 g/mol. The van der Waals surface area contributed by atoms with Gasteiger partial charge in [0, 0.05) is 21.9 Å². The molecule has 0 spiro atoms. The molecule has 0 aliphatic heterocycles. The fourth-order valence-corrected chi connectivity index (χ4v) is 6.52. The van der Waals surface area contributed by atoms with Crippen molar-refractivity contribution in [3.05, 3.63) is 29.3 Å². The van der Waals surface area contributed by atoms with Gasteiger partial charge in [0.2, 0.25) is 5.91 Å². The Bertz CT molecular complexity index is 606. The zero-order valence-corrected chi connectivity index (χ0v) is 19.2. The van der Waals surface area contributed by atoms with Crippen LogP contribution in [-0.2, 0) is 4.79 Å². The summed E-state index contributed by atoms with van der Waals surface area (Å²) in [4.78, 5) is 16.0. The average molecular weight is 409 g/mol. The SMILES string of the molecule is Cc1ccc(SC2CCCCC2SC(C)C(=O)NCCCN(C)C)c(C)c1. The maximum absolute atomic E-state index is 12.5. The number of nitrogens with zero attached hydrogens (tertiary/aromatic N) is 1. The van der Waals surface area contributed by atoms with Crippen LogP contribution in [0.15, 0.2) is 23.1 Å². The largest absolute Gasteiger partial charge is 0.355 e. The van der Waals surface area contributed by atoms with E-state index in [1.54, 1.807) is 0 Å². The normalized spacial score (nSPS) is 21.3. The molecule has 1 aromatic carbocycles. The molecule has 1 saturated carbocycles. The summed E-state index contributed by atoms with van der Waals surface area (Å²) < 4.78 is 0. The number of benzene rings is 1. The van der Waals surface area contributed by atoms with E-state index in [-0.39, 0.29) is 11.2 Å². The van der Waals surface area contributed by atoms with Gasteiger partial charge in [0.05, 0.1) is 5.25 Å². The molecule has 0 aromatic heterocycles. The van der Waals surface area contributed by atoms with Gasteiger partial charge >= 0.3 is 0 Å². The van der Waals surface area contributed by atoms with Crippen molar-refractivity contribution in [2.24, 2.45) is 0 Å². The van der Waals surface area contributed by atoms with E-state index in [0.29, 0.717) is 10.5 Å². The lowest BCUT2D eigenvalue weighted by Crippen LogP contribution is -2.35. The molecule has 3 atom stereocenters. The average Bonchev–Trinajstić information content (AvgIpc) is 2.62. The van der Waals surface area contributed by atoms with Gasteiger partial charge in [-0.25, -0.2) is 0 Å². The van der Waals surface area contributed by atoms with Crippen LogP contribution in [0.25, 0.3) is 0 Å². The van der Waals surface area contributed by atoms with E-state index >= 15 is 0 Å². The maximum atomic E-state index is 12.5. The van der Waals surface area contributed by atoms with Crippen LogP contribution in [0, 0.1) is 13.8 Å². The van der Waals surface area contributed by atoms with Crippen LogP contribution < -0.4 is 5.32 Å². The topological polar surface area (TPSA) is 32.3 Å². The highest BCUT2D eigenvalue weighted by molar-refractivity contribution is 8.04. The smallest absolute Gasteiger partial charge is 0.232 e. The van der Waals surface area contributed by atoms with E-state index in [4.69, 9.17) is 0 Å². The minimum Gasteiger partial charge on any atom is -0.355 e. The van der Waals surface area contributed by atoms with Crippen molar-refractivity contribution in [1.82, 2.24) is 10.2 Å². The van der Waals surface area contributed by atoms with Crippen LogP contribution in [-0.4, -0.2) is 53.7 Å². The molecule has 0 bridgehead atoms. The third-order valence-electron chi connectivity index (χ3n) is 5.08. The number of rotatable bonds is 9. The van der Waals surface area contributed by atoms with Crippen LogP contribution in [0.3, 0.4) is 0 Å². The lowest BCUT2D eigenvalue weighted by atomic mass is 10.00. The van der Waals surface area contributed by atoms with Crippen molar-refractivity contribution in [2.75, 3.05) is 27.2 Å². The second-order valence-corrected chi connectivity index (χ2v) is 10.8. The highest BCUT2D eigenvalue weighted by Crippen LogP contribution is 2.41. The summed E-state index contributed by atoms with van der Waals surface area (Å²) in [5.41, 5.74) is 2.70. The number of carbonyl (C=O) groups excluding carboxylic acids is 1. The van der Waals surface area contributed by atoms with E-state index in [2.05, 4.69) is 63.3 Å². The molecule has 3 unspecified atom stereocenters. The Morgan fingerprint density at radius 3 is 2.59 bits per heavy atom. The first-order valence-electron chi connectivity index (χ1n) is 10.2. The van der Waals surface area contributed by atoms with Gasteiger partial charge in [0.25, 0.3) is 0 Å². The Morgan fingerprint density at radius 2 is 1.93 bits per heavy atom. The standard InChI is InChI=1S/C22H36N2OS2/c1-16-11-12-19(17(2)15-16)27-21-10-7-6-9-20(21)26-18(3)22(25)23-13-8-14-24(4)5/h11-12,15,18,20-21H,6-10,13-14H2,1-5H3,(H,23,25). The first kappa shape index (κ1) is 22.6. The minimum absolute atomic E-state index is 0.0228. The number of nitrogens with one attached hydrogen (secondary N) is 1. The molecule has 1 N–H and O–H groups in total. The lowest BCUT2D eigenvalue weighted by Gasteiger charge is -2.32. The monoisotopic (exact) mass is 408 g/mol. The molecule has 5 heteroatoms. The van der Waals surface area contributed by atoms with E-state index in [0.717, 1.165) is 19.5 Å². The number of thioether (sulfide) groups is 2. The van der Waals surface area contributed by atoms with Crippen molar-refractivity contribution in [1.29, 1.82) is 0 Å². The Hall–Kier alpha value is -0.650. The van der Waals surface area contributed by atoms with E-state index in [9.17, 15) is 4.79 Å². The summed E-state index contributed by atoms with van der Waals surface area (Å²) in [6.07, 6.45) is 6.09. The van der Waals surface area contributed by atoms with Crippen molar-refractivity contribution in [3.8, 4) is 0 Å². The first-order valence-corrected chi connectivity index (χ1v) is 12.0. The Kier molecular flexibility index (Phi) is 9.54. The summed E-state index contributed by atoms with van der Waals surface area (Å²) in [6, 6.07) is 6.76. The van der Waals surface area contributed by atoms with Gasteiger partial charge in [0.15, 0.2) is 0 Å². The van der Waals surface area contributed by atoms with Crippen molar-refractivity contribution < 1.29 is 4.79 Å². The highest BCUT2D eigenvalue weighted by Gasteiger charge is 2.30. The molecule has 3 nitrogen and oxygen atoms in total. The van der Waals surface area contributed by atoms with E-state index < -0.39 is 0 Å². The molecule has 27 heavy (non-hydrogen) atoms. The van der Waals surface area contributed by atoms with Crippen LogP contribution in [0.1, 0.15) is 50.2 Å². The summed E-state index contributed by atoms with van der Waals surface area (Å²) in [7, 11) is 4.13. The van der Waals surface area contributed by atoms with Crippen molar-refractivity contribution >= 4 is 29.4 Å². The van der Waals surface area contributed by atoms with Gasteiger partial charge in [-0.3, -0.25) is 4.79 Å². The third kappa shape index (κ3) is 7.71. The molecule has 152 valence electrons. The van der Waals surface area contributed by atoms with Crippen molar-refractivity contribution in [2.45, 2.75) is 73.5 Å². The molecule has 2 rings (SSSR count). The van der Waals surface area contributed by atoms with E-state index in [1.165, 1.54) is 41.7 Å². The van der Waals surface area contributed by atoms with Crippen LogP contribution in [0.5, 0.6) is 0 Å². The molecule has 1 aliphatic rings. The Balaban J connectivity index is 1.87. The molecule has 1 fully saturated rings. The number of hydrogen-bond acceptors (Lipinski definition) is 4. The summed E-state index contributed by atoms with van der Waals surface area (Å²) in [6.45, 7) is 8.22. The maximum Gasteiger partial charge on any atom is 0.232 e. The summed E-state index contributed by atoms with van der Waals surface area (Å²) >= 11 is 3.91. The lowest BCUT2D eigenvalue weighted by molar-refractivity contribution is -0.120. The highest BCUT2D eigenvalue weighted by atomic mass is 32.2. The number of amides is 1. The van der Waals surface area contributed by atoms with Gasteiger partial charge in [-0.2, -0.15) is 0 Å². The Morgan fingerprint density at radius 1 is 1.22 bits per heavy atom. The van der Waals surface area contributed by atoms with Crippen LogP contribution in [0.4, 0.5) is 0 Å². The zero-order valence-electron chi connectivity index (χ0n) is 17.6. The second-order valence-electron chi connectivity index (χ2n) is 7.97. The molecule has 0 heterocycles. The predicted molar refractivity (Wildman–Crippen MR) is 121 cm³/mol. The van der Waals surface area contributed by atoms with Crippen LogP contribution in [0.2, 0.25) is 0 Å². The molecule has 0 saturated heterocycles. The quantitative estimate of drug-likeness (QED) is 0.589. The van der Waals surface area contributed by atoms with Gasteiger partial charge in [0.1, 0.15) is 0 Å². The molecule has 1 aromatic rings. The zero-order chi connectivity index (χ0) is 19.8.